The first-order valence-corrected chi connectivity index (χ1v) is 7.16. The van der Waals surface area contributed by atoms with Crippen LogP contribution in [0.15, 0.2) is 18.2 Å². The molecular weight excluding hydrogens is 277 g/mol. The molecule has 5 heteroatoms. The first-order chi connectivity index (χ1) is 9.47. The number of hydrogen-bond acceptors (Lipinski definition) is 2. The molecular formula is C15H19ClFN3. The van der Waals surface area contributed by atoms with Crippen molar-refractivity contribution in [1.82, 2.24) is 9.55 Å². The van der Waals surface area contributed by atoms with E-state index in [-0.39, 0.29) is 11.1 Å². The number of aromatic nitrogens is 2. The van der Waals surface area contributed by atoms with E-state index in [2.05, 4.69) is 11.9 Å². The lowest BCUT2D eigenvalue weighted by Crippen LogP contribution is -2.09. The average Bonchev–Trinajstić information content (AvgIpc) is 2.70. The van der Waals surface area contributed by atoms with Gasteiger partial charge >= 0.3 is 0 Å². The Hall–Kier alpha value is -1.55. The predicted octanol–water partition coefficient (Wildman–Crippen LogP) is 4.46. The highest BCUT2D eigenvalue weighted by molar-refractivity contribution is 6.31. The molecule has 0 aliphatic carbocycles. The Labute approximate surface area is 123 Å². The molecule has 20 heavy (non-hydrogen) atoms. The molecule has 108 valence electrons. The summed E-state index contributed by atoms with van der Waals surface area (Å²) in [6.45, 7) is 6.15. The predicted molar refractivity (Wildman–Crippen MR) is 81.4 cm³/mol. The molecule has 0 fully saturated rings. The first kappa shape index (κ1) is 14.9. The van der Waals surface area contributed by atoms with Crippen LogP contribution in [0.2, 0.25) is 5.02 Å². The smallest absolute Gasteiger partial charge is 0.151 e. The minimum atomic E-state index is -0.475. The van der Waals surface area contributed by atoms with Gasteiger partial charge in [0.05, 0.1) is 5.02 Å². The number of nitrogen functional groups attached to an aromatic ring is 1. The number of nitrogens with two attached hydrogens (primary N) is 1. The van der Waals surface area contributed by atoms with Gasteiger partial charge in [0.25, 0.3) is 0 Å². The van der Waals surface area contributed by atoms with Crippen LogP contribution in [-0.2, 0) is 6.42 Å². The average molecular weight is 296 g/mol. The lowest BCUT2D eigenvalue weighted by atomic mass is 10.1. The molecule has 0 atom stereocenters. The van der Waals surface area contributed by atoms with E-state index in [1.807, 2.05) is 18.4 Å². The fourth-order valence-corrected chi connectivity index (χ4v) is 2.53. The molecule has 0 radical (unpaired) electrons. The maximum atomic E-state index is 14.2. The van der Waals surface area contributed by atoms with Crippen LogP contribution < -0.4 is 5.73 Å². The highest BCUT2D eigenvalue weighted by Gasteiger charge is 2.20. The molecule has 2 aromatic rings. The maximum Gasteiger partial charge on any atom is 0.151 e. The van der Waals surface area contributed by atoms with Crippen molar-refractivity contribution in [3.8, 4) is 11.3 Å². The van der Waals surface area contributed by atoms with Crippen LogP contribution >= 0.6 is 11.6 Å². The fourth-order valence-electron chi connectivity index (χ4n) is 2.35. The fraction of sp³-hybridized carbons (Fsp3) is 0.400. The van der Waals surface area contributed by atoms with Crippen molar-refractivity contribution in [2.24, 2.45) is 0 Å². The van der Waals surface area contributed by atoms with Gasteiger partial charge in [-0.3, -0.25) is 0 Å². The molecule has 0 bridgehead atoms. The molecule has 0 aliphatic heterocycles. The Bertz CT molecular complexity index is 620. The van der Waals surface area contributed by atoms with Gasteiger partial charge in [0.1, 0.15) is 17.3 Å². The zero-order valence-electron chi connectivity index (χ0n) is 12.0. The van der Waals surface area contributed by atoms with Gasteiger partial charge in [-0.15, -0.1) is 0 Å². The lowest BCUT2D eigenvalue weighted by molar-refractivity contribution is 0.571. The molecule has 1 aromatic heterocycles. The van der Waals surface area contributed by atoms with Gasteiger partial charge in [-0.1, -0.05) is 24.6 Å². The number of benzene rings is 1. The van der Waals surface area contributed by atoms with Crippen LogP contribution in [-0.4, -0.2) is 9.55 Å². The largest absolute Gasteiger partial charge is 0.383 e. The van der Waals surface area contributed by atoms with Crippen LogP contribution in [0.1, 0.15) is 39.1 Å². The van der Waals surface area contributed by atoms with E-state index in [9.17, 15) is 4.39 Å². The van der Waals surface area contributed by atoms with Crippen molar-refractivity contribution in [2.75, 3.05) is 5.73 Å². The molecule has 0 spiro atoms. The first-order valence-electron chi connectivity index (χ1n) is 6.78. The van der Waals surface area contributed by atoms with Crippen LogP contribution in [0.25, 0.3) is 11.3 Å². The van der Waals surface area contributed by atoms with Crippen molar-refractivity contribution in [3.63, 3.8) is 0 Å². The van der Waals surface area contributed by atoms with Crippen molar-refractivity contribution in [2.45, 2.75) is 39.7 Å². The van der Waals surface area contributed by atoms with Gasteiger partial charge < -0.3 is 10.3 Å². The molecule has 2 rings (SSSR count). The van der Waals surface area contributed by atoms with E-state index in [0.29, 0.717) is 17.1 Å². The number of nitrogens with zero attached hydrogens (tertiary/aromatic N) is 2. The minimum Gasteiger partial charge on any atom is -0.383 e. The molecule has 1 aromatic carbocycles. The Kier molecular flexibility index (Phi) is 4.33. The highest BCUT2D eigenvalue weighted by Crippen LogP contribution is 2.33. The van der Waals surface area contributed by atoms with E-state index in [4.69, 9.17) is 17.3 Å². The SMILES string of the molecule is CCCc1nc(-c2cccc(Cl)c2F)c(N)n1C(C)C. The van der Waals surface area contributed by atoms with Gasteiger partial charge in [-0.25, -0.2) is 9.37 Å². The highest BCUT2D eigenvalue weighted by atomic mass is 35.5. The summed E-state index contributed by atoms with van der Waals surface area (Å²) in [7, 11) is 0. The van der Waals surface area contributed by atoms with Crippen LogP contribution in [0.3, 0.4) is 0 Å². The van der Waals surface area contributed by atoms with E-state index in [1.165, 1.54) is 6.07 Å². The summed E-state index contributed by atoms with van der Waals surface area (Å²) in [4.78, 5) is 4.53. The molecule has 2 N–H and O–H groups in total. The molecule has 0 amide bonds. The van der Waals surface area contributed by atoms with Gasteiger partial charge in [-0.2, -0.15) is 0 Å². The zero-order valence-corrected chi connectivity index (χ0v) is 12.7. The Morgan fingerprint density at radius 3 is 2.70 bits per heavy atom. The number of rotatable bonds is 4. The van der Waals surface area contributed by atoms with E-state index < -0.39 is 5.82 Å². The number of aryl methyl sites for hydroxylation is 1. The van der Waals surface area contributed by atoms with Crippen molar-refractivity contribution < 1.29 is 4.39 Å². The number of hydrogen-bond donors (Lipinski definition) is 1. The van der Waals surface area contributed by atoms with Gasteiger partial charge in [-0.05, 0) is 32.4 Å². The Morgan fingerprint density at radius 2 is 2.10 bits per heavy atom. The van der Waals surface area contributed by atoms with Crippen molar-refractivity contribution >= 4 is 17.4 Å². The Morgan fingerprint density at radius 1 is 1.40 bits per heavy atom. The topological polar surface area (TPSA) is 43.8 Å². The third kappa shape index (κ3) is 2.52. The summed E-state index contributed by atoms with van der Waals surface area (Å²) in [6, 6.07) is 5.05. The molecule has 0 saturated heterocycles. The normalized spacial score (nSPS) is 11.3. The monoisotopic (exact) mass is 295 g/mol. The summed E-state index contributed by atoms with van der Waals surface area (Å²) >= 11 is 5.84. The van der Waals surface area contributed by atoms with Gasteiger partial charge in [0.15, 0.2) is 5.82 Å². The number of halogens is 2. The van der Waals surface area contributed by atoms with Gasteiger partial charge in [0.2, 0.25) is 0 Å². The van der Waals surface area contributed by atoms with Crippen molar-refractivity contribution in [3.05, 3.63) is 34.9 Å². The summed E-state index contributed by atoms with van der Waals surface area (Å²) < 4.78 is 16.1. The third-order valence-corrected chi connectivity index (χ3v) is 3.51. The second kappa shape index (κ2) is 5.83. The summed E-state index contributed by atoms with van der Waals surface area (Å²) in [5, 5.41) is 0.0815. The summed E-state index contributed by atoms with van der Waals surface area (Å²) in [6.07, 6.45) is 1.77. The third-order valence-electron chi connectivity index (χ3n) is 3.22. The molecule has 1 heterocycles. The van der Waals surface area contributed by atoms with Crippen LogP contribution in [0, 0.1) is 5.82 Å². The second-order valence-corrected chi connectivity index (χ2v) is 5.48. The maximum absolute atomic E-state index is 14.2. The number of imidazole rings is 1. The van der Waals surface area contributed by atoms with E-state index in [0.717, 1.165) is 18.7 Å². The molecule has 0 unspecified atom stereocenters. The second-order valence-electron chi connectivity index (χ2n) is 5.08. The standard InChI is InChI=1S/C15H19ClFN3/c1-4-6-12-19-14(15(18)20(12)9(2)3)10-7-5-8-11(16)13(10)17/h5,7-9H,4,6,18H2,1-3H3. The number of anilines is 1. The van der Waals surface area contributed by atoms with E-state index in [1.54, 1.807) is 12.1 Å². The molecule has 0 saturated carbocycles. The van der Waals surface area contributed by atoms with Gasteiger partial charge in [0, 0.05) is 18.0 Å². The summed E-state index contributed by atoms with van der Waals surface area (Å²) in [5.74, 6) is 0.899. The van der Waals surface area contributed by atoms with Crippen molar-refractivity contribution in [1.29, 1.82) is 0 Å². The van der Waals surface area contributed by atoms with E-state index >= 15 is 0 Å². The van der Waals surface area contributed by atoms with Crippen LogP contribution in [0.5, 0.6) is 0 Å². The zero-order chi connectivity index (χ0) is 14.9. The quantitative estimate of drug-likeness (QED) is 0.905. The van der Waals surface area contributed by atoms with Crippen LogP contribution in [0.4, 0.5) is 10.2 Å². The Balaban J connectivity index is 2.63. The molecule has 0 aliphatic rings. The minimum absolute atomic E-state index is 0.0815. The molecule has 3 nitrogen and oxygen atoms in total. The lowest BCUT2D eigenvalue weighted by Gasteiger charge is -2.13. The summed E-state index contributed by atoms with van der Waals surface area (Å²) in [5.41, 5.74) is 7.00.